The molecule has 0 unspecified atom stereocenters. The predicted molar refractivity (Wildman–Crippen MR) is 137 cm³/mol. The fraction of sp³-hybridized carbons (Fsp3) is 0.259. The number of benzene rings is 1. The number of nitrogens with one attached hydrogen (secondary N) is 1. The van der Waals surface area contributed by atoms with E-state index in [0.29, 0.717) is 18.2 Å². The van der Waals surface area contributed by atoms with Crippen molar-refractivity contribution >= 4 is 6.01 Å². The molecule has 2 aromatic heterocycles. The zero-order chi connectivity index (χ0) is 24.5. The van der Waals surface area contributed by atoms with E-state index >= 15 is 0 Å². The molecule has 1 aliphatic carbocycles. The standard InChI is InChI=1S/C27H30N6O2/c1-4-5-13-22(14-9-17-34-18-16-33(2)3)28-27-32-31-26(35-27)24-19-21-12-8-11-20-10-6-7-15-23(20)25(21)30-29-24/h4-7,9-10,13-15,17,19H,1,8,11-12,16,18H2,2-3H3,(H,28,32)/b13-5-,17-9+,22-14+. The van der Waals surface area contributed by atoms with Gasteiger partial charge in [0.05, 0.1) is 18.6 Å². The summed E-state index contributed by atoms with van der Waals surface area (Å²) in [6, 6.07) is 10.6. The maximum atomic E-state index is 5.85. The van der Waals surface area contributed by atoms with Gasteiger partial charge in [-0.05, 0) is 68.8 Å². The fourth-order valence-corrected chi connectivity index (χ4v) is 3.70. The molecule has 0 atom stereocenters. The largest absolute Gasteiger partial charge is 0.500 e. The summed E-state index contributed by atoms with van der Waals surface area (Å²) in [5.74, 6) is 0.315. The van der Waals surface area contributed by atoms with Crippen molar-refractivity contribution in [1.29, 1.82) is 0 Å². The minimum Gasteiger partial charge on any atom is -0.500 e. The number of nitrogens with zero attached hydrogens (tertiary/aromatic N) is 5. The molecule has 35 heavy (non-hydrogen) atoms. The highest BCUT2D eigenvalue weighted by Crippen LogP contribution is 2.32. The first-order chi connectivity index (χ1) is 17.1. The topological polar surface area (TPSA) is 89.2 Å². The summed E-state index contributed by atoms with van der Waals surface area (Å²) in [5.41, 5.74) is 5.82. The van der Waals surface area contributed by atoms with Crippen molar-refractivity contribution in [3.63, 3.8) is 0 Å². The highest BCUT2D eigenvalue weighted by atomic mass is 16.5. The molecule has 8 nitrogen and oxygen atoms in total. The third-order valence-corrected chi connectivity index (χ3v) is 5.45. The fourth-order valence-electron chi connectivity index (χ4n) is 3.70. The first-order valence-electron chi connectivity index (χ1n) is 11.6. The van der Waals surface area contributed by atoms with Crippen LogP contribution in [0.25, 0.3) is 22.8 Å². The van der Waals surface area contributed by atoms with Crippen LogP contribution in [-0.4, -0.2) is 52.5 Å². The Hall–Kier alpha value is -4.04. The smallest absolute Gasteiger partial charge is 0.320 e. The third kappa shape index (κ3) is 6.51. The average molecular weight is 471 g/mol. The molecule has 0 amide bonds. The SMILES string of the molecule is C=C\C=C/C(=C\C=C\OCCN(C)C)Nc1nnc(-c2cc3c(nn2)-c2ccccc2CCC3)o1. The van der Waals surface area contributed by atoms with Crippen molar-refractivity contribution in [3.8, 4) is 22.8 Å². The molecule has 0 bridgehead atoms. The van der Waals surface area contributed by atoms with Crippen molar-refractivity contribution in [1.82, 2.24) is 25.3 Å². The number of fused-ring (bicyclic) bond motifs is 3. The number of ether oxygens (including phenoxy) is 1. The van der Waals surface area contributed by atoms with Crippen LogP contribution in [0.5, 0.6) is 0 Å². The number of hydrogen-bond acceptors (Lipinski definition) is 8. The lowest BCUT2D eigenvalue weighted by molar-refractivity contribution is 0.212. The zero-order valence-corrected chi connectivity index (χ0v) is 20.1. The first kappa shape index (κ1) is 24.1. The van der Waals surface area contributed by atoms with Gasteiger partial charge in [-0.15, -0.1) is 15.3 Å². The van der Waals surface area contributed by atoms with Gasteiger partial charge >= 0.3 is 6.01 Å². The molecule has 0 spiro atoms. The second-order valence-corrected chi connectivity index (χ2v) is 8.37. The first-order valence-corrected chi connectivity index (χ1v) is 11.6. The lowest BCUT2D eigenvalue weighted by Gasteiger charge is -2.07. The molecule has 1 aliphatic rings. The Morgan fingerprint density at radius 1 is 1.11 bits per heavy atom. The van der Waals surface area contributed by atoms with Crippen molar-refractivity contribution < 1.29 is 9.15 Å². The number of rotatable bonds is 10. The summed E-state index contributed by atoms with van der Waals surface area (Å²) < 4.78 is 11.3. The van der Waals surface area contributed by atoms with Crippen LogP contribution in [0.1, 0.15) is 17.5 Å². The molecular weight excluding hydrogens is 440 g/mol. The van der Waals surface area contributed by atoms with Gasteiger partial charge in [0, 0.05) is 17.8 Å². The van der Waals surface area contributed by atoms with E-state index in [4.69, 9.17) is 9.15 Å². The number of anilines is 1. The van der Waals surface area contributed by atoms with Gasteiger partial charge in [0.15, 0.2) is 5.69 Å². The molecule has 1 aromatic carbocycles. The van der Waals surface area contributed by atoms with Crippen LogP contribution in [0.2, 0.25) is 0 Å². The molecule has 0 radical (unpaired) electrons. The Bertz CT molecular complexity index is 1240. The molecule has 8 heteroatoms. The second kappa shape index (κ2) is 11.9. The van der Waals surface area contributed by atoms with Gasteiger partial charge in [-0.3, -0.25) is 0 Å². The molecule has 0 saturated carbocycles. The number of allylic oxidation sites excluding steroid dienone is 5. The lowest BCUT2D eigenvalue weighted by atomic mass is 10.0. The van der Waals surface area contributed by atoms with E-state index in [1.165, 1.54) is 5.56 Å². The van der Waals surface area contributed by atoms with Crippen LogP contribution < -0.4 is 5.32 Å². The second-order valence-electron chi connectivity index (χ2n) is 8.37. The Morgan fingerprint density at radius 3 is 2.83 bits per heavy atom. The minimum atomic E-state index is 0.254. The number of likely N-dealkylation sites (N-methyl/N-ethyl adjacent to an activating group) is 1. The van der Waals surface area contributed by atoms with Gasteiger partial charge < -0.3 is 19.4 Å². The average Bonchev–Trinajstić information content (AvgIpc) is 3.25. The number of aryl methyl sites for hydroxylation is 2. The quantitative estimate of drug-likeness (QED) is 0.256. The number of hydrogen-bond donors (Lipinski definition) is 1. The maximum absolute atomic E-state index is 5.85. The lowest BCUT2D eigenvalue weighted by Crippen LogP contribution is -2.16. The van der Waals surface area contributed by atoms with Gasteiger partial charge in [-0.2, -0.15) is 0 Å². The molecule has 3 aromatic rings. The predicted octanol–water partition coefficient (Wildman–Crippen LogP) is 4.81. The number of aromatic nitrogens is 4. The third-order valence-electron chi connectivity index (χ3n) is 5.45. The van der Waals surface area contributed by atoms with E-state index in [1.54, 1.807) is 18.4 Å². The van der Waals surface area contributed by atoms with E-state index in [0.717, 1.165) is 48.3 Å². The van der Waals surface area contributed by atoms with E-state index < -0.39 is 0 Å². The van der Waals surface area contributed by atoms with Gasteiger partial charge in [0.1, 0.15) is 0 Å². The normalized spacial score (nSPS) is 13.6. The molecule has 180 valence electrons. The van der Waals surface area contributed by atoms with Crippen molar-refractivity contribution in [2.45, 2.75) is 19.3 Å². The molecular formula is C27H30N6O2. The van der Waals surface area contributed by atoms with Crippen LogP contribution in [-0.2, 0) is 17.6 Å². The Labute approximate surface area is 205 Å². The minimum absolute atomic E-state index is 0.254. The highest BCUT2D eigenvalue weighted by Gasteiger charge is 2.19. The maximum Gasteiger partial charge on any atom is 0.320 e. The van der Waals surface area contributed by atoms with Gasteiger partial charge in [-0.25, -0.2) is 0 Å². The van der Waals surface area contributed by atoms with Crippen LogP contribution in [0.4, 0.5) is 6.01 Å². The zero-order valence-electron chi connectivity index (χ0n) is 20.1. The van der Waals surface area contributed by atoms with Crippen molar-refractivity contribution in [2.24, 2.45) is 0 Å². The summed E-state index contributed by atoms with van der Waals surface area (Å²) in [6.45, 7) is 5.18. The van der Waals surface area contributed by atoms with E-state index in [-0.39, 0.29) is 6.01 Å². The monoisotopic (exact) mass is 470 g/mol. The van der Waals surface area contributed by atoms with E-state index in [9.17, 15) is 0 Å². The Kier molecular flexibility index (Phi) is 8.19. The Morgan fingerprint density at radius 2 is 1.97 bits per heavy atom. The molecule has 0 aliphatic heterocycles. The molecule has 2 heterocycles. The summed E-state index contributed by atoms with van der Waals surface area (Å²) in [7, 11) is 4.01. The molecule has 0 fully saturated rings. The van der Waals surface area contributed by atoms with Crippen LogP contribution in [0, 0.1) is 0 Å². The van der Waals surface area contributed by atoms with Gasteiger partial charge in [-0.1, -0.05) is 48.1 Å². The summed E-state index contributed by atoms with van der Waals surface area (Å²) in [6.07, 6.45) is 13.7. The van der Waals surface area contributed by atoms with E-state index in [1.807, 2.05) is 44.5 Å². The van der Waals surface area contributed by atoms with Gasteiger partial charge in [0.25, 0.3) is 5.89 Å². The summed E-state index contributed by atoms with van der Waals surface area (Å²) in [5, 5.41) is 20.3. The summed E-state index contributed by atoms with van der Waals surface area (Å²) in [4.78, 5) is 2.06. The van der Waals surface area contributed by atoms with Crippen LogP contribution in [0.3, 0.4) is 0 Å². The van der Waals surface area contributed by atoms with Gasteiger partial charge in [0.2, 0.25) is 0 Å². The van der Waals surface area contributed by atoms with E-state index in [2.05, 4.69) is 55.4 Å². The van der Waals surface area contributed by atoms with Crippen LogP contribution in [0.15, 0.2) is 83.7 Å². The summed E-state index contributed by atoms with van der Waals surface area (Å²) >= 11 is 0. The Balaban J connectivity index is 1.48. The highest BCUT2D eigenvalue weighted by molar-refractivity contribution is 5.69. The van der Waals surface area contributed by atoms with Crippen LogP contribution >= 0.6 is 0 Å². The van der Waals surface area contributed by atoms with Crippen molar-refractivity contribution in [2.75, 3.05) is 32.6 Å². The molecule has 4 rings (SSSR count). The molecule has 0 saturated heterocycles. The van der Waals surface area contributed by atoms with Crippen molar-refractivity contribution in [3.05, 3.63) is 90.4 Å². The molecule has 1 N–H and O–H groups in total.